The summed E-state index contributed by atoms with van der Waals surface area (Å²) >= 11 is 0. The lowest BCUT2D eigenvalue weighted by Gasteiger charge is -2.21. The summed E-state index contributed by atoms with van der Waals surface area (Å²) in [5, 5.41) is 3.18. The third kappa shape index (κ3) is 4.56. The van der Waals surface area contributed by atoms with Gasteiger partial charge in [0.1, 0.15) is 5.75 Å². The first-order valence-electron chi connectivity index (χ1n) is 6.06. The number of halogens is 3. The van der Waals surface area contributed by atoms with Gasteiger partial charge in [-0.15, -0.1) is 13.2 Å². The Labute approximate surface area is 105 Å². The van der Waals surface area contributed by atoms with Crippen LogP contribution in [0.4, 0.5) is 13.2 Å². The van der Waals surface area contributed by atoms with E-state index in [1.165, 1.54) is 6.07 Å². The van der Waals surface area contributed by atoms with Gasteiger partial charge in [0.25, 0.3) is 0 Å². The Hall–Kier alpha value is -1.23. The minimum Gasteiger partial charge on any atom is -0.405 e. The second kappa shape index (κ2) is 6.64. The Morgan fingerprint density at radius 1 is 1.22 bits per heavy atom. The molecule has 1 unspecified atom stereocenters. The van der Waals surface area contributed by atoms with Crippen LogP contribution in [0.25, 0.3) is 0 Å². The van der Waals surface area contributed by atoms with Gasteiger partial charge in [-0.05, 0) is 19.0 Å². The van der Waals surface area contributed by atoms with Crippen LogP contribution in [0, 0.1) is 0 Å². The number of ether oxygens (including phenoxy) is 1. The van der Waals surface area contributed by atoms with Crippen molar-refractivity contribution >= 4 is 0 Å². The van der Waals surface area contributed by atoms with Crippen molar-refractivity contribution < 1.29 is 17.9 Å². The van der Waals surface area contributed by atoms with Gasteiger partial charge in [0, 0.05) is 11.6 Å². The van der Waals surface area contributed by atoms with Gasteiger partial charge in [-0.25, -0.2) is 0 Å². The van der Waals surface area contributed by atoms with Crippen LogP contribution in [0.3, 0.4) is 0 Å². The summed E-state index contributed by atoms with van der Waals surface area (Å²) in [5.74, 6) is -0.121. The molecule has 0 bridgehead atoms. The maximum absolute atomic E-state index is 12.3. The Balaban J connectivity index is 2.97. The van der Waals surface area contributed by atoms with Crippen molar-refractivity contribution in [3.63, 3.8) is 0 Å². The number of para-hydroxylation sites is 1. The predicted molar refractivity (Wildman–Crippen MR) is 64.5 cm³/mol. The van der Waals surface area contributed by atoms with Crippen molar-refractivity contribution in [1.29, 1.82) is 0 Å². The summed E-state index contributed by atoms with van der Waals surface area (Å²) in [5.41, 5.74) is 0.554. The van der Waals surface area contributed by atoms with E-state index < -0.39 is 6.36 Å². The topological polar surface area (TPSA) is 21.3 Å². The van der Waals surface area contributed by atoms with E-state index in [2.05, 4.69) is 10.1 Å². The Bertz CT molecular complexity index is 359. The lowest BCUT2D eigenvalue weighted by atomic mass is 10.0. The van der Waals surface area contributed by atoms with Gasteiger partial charge in [0.2, 0.25) is 0 Å². The van der Waals surface area contributed by atoms with Gasteiger partial charge >= 0.3 is 6.36 Å². The second-order valence-electron chi connectivity index (χ2n) is 3.98. The quantitative estimate of drug-likeness (QED) is 0.834. The minimum atomic E-state index is -4.65. The van der Waals surface area contributed by atoms with Crippen molar-refractivity contribution in [3.8, 4) is 5.75 Å². The molecule has 5 heteroatoms. The maximum Gasteiger partial charge on any atom is 0.573 e. The first-order valence-corrected chi connectivity index (χ1v) is 6.06. The predicted octanol–water partition coefficient (Wildman–Crippen LogP) is 4.04. The molecule has 0 aliphatic rings. The van der Waals surface area contributed by atoms with Gasteiger partial charge in [-0.2, -0.15) is 0 Å². The Kier molecular flexibility index (Phi) is 5.47. The Morgan fingerprint density at radius 2 is 1.89 bits per heavy atom. The van der Waals surface area contributed by atoms with Crippen LogP contribution in [-0.2, 0) is 0 Å². The SMILES string of the molecule is CCCC(NCC)c1ccccc1OC(F)(F)F. The van der Waals surface area contributed by atoms with E-state index in [9.17, 15) is 13.2 Å². The van der Waals surface area contributed by atoms with E-state index in [0.717, 1.165) is 12.8 Å². The minimum absolute atomic E-state index is 0.112. The summed E-state index contributed by atoms with van der Waals surface area (Å²) in [7, 11) is 0. The van der Waals surface area contributed by atoms with E-state index >= 15 is 0 Å². The zero-order valence-corrected chi connectivity index (χ0v) is 10.6. The standard InChI is InChI=1S/C13H18F3NO/c1-3-7-11(17-4-2)10-8-5-6-9-12(10)18-13(14,15)16/h5-6,8-9,11,17H,3-4,7H2,1-2H3. The highest BCUT2D eigenvalue weighted by atomic mass is 19.4. The van der Waals surface area contributed by atoms with Gasteiger partial charge in [0.05, 0.1) is 0 Å². The molecule has 0 aromatic heterocycles. The number of benzene rings is 1. The molecule has 18 heavy (non-hydrogen) atoms. The van der Waals surface area contributed by atoms with Crippen molar-refractivity contribution in [2.24, 2.45) is 0 Å². The third-order valence-electron chi connectivity index (χ3n) is 2.55. The lowest BCUT2D eigenvalue weighted by Crippen LogP contribution is -2.24. The van der Waals surface area contributed by atoms with Crippen molar-refractivity contribution in [1.82, 2.24) is 5.32 Å². The fourth-order valence-corrected chi connectivity index (χ4v) is 1.89. The third-order valence-corrected chi connectivity index (χ3v) is 2.55. The summed E-state index contributed by atoms with van der Waals surface area (Å²) in [6.45, 7) is 4.62. The van der Waals surface area contributed by atoms with E-state index in [0.29, 0.717) is 12.1 Å². The zero-order chi connectivity index (χ0) is 13.6. The molecular weight excluding hydrogens is 243 g/mol. The first kappa shape index (κ1) is 14.8. The molecule has 0 spiro atoms. The van der Waals surface area contributed by atoms with Crippen molar-refractivity contribution in [2.75, 3.05) is 6.54 Å². The van der Waals surface area contributed by atoms with Crippen molar-refractivity contribution in [2.45, 2.75) is 39.1 Å². The van der Waals surface area contributed by atoms with Crippen LogP contribution in [0.2, 0.25) is 0 Å². The summed E-state index contributed by atoms with van der Waals surface area (Å²) in [6.07, 6.45) is -3.00. The monoisotopic (exact) mass is 261 g/mol. The molecule has 0 heterocycles. The van der Waals surface area contributed by atoms with E-state index in [1.54, 1.807) is 18.2 Å². The Morgan fingerprint density at radius 3 is 2.44 bits per heavy atom. The highest BCUT2D eigenvalue weighted by molar-refractivity contribution is 5.36. The normalized spacial score (nSPS) is 13.4. The molecule has 1 atom stereocenters. The molecule has 2 nitrogen and oxygen atoms in total. The molecule has 0 saturated heterocycles. The van der Waals surface area contributed by atoms with Gasteiger partial charge in [-0.1, -0.05) is 38.5 Å². The summed E-state index contributed by atoms with van der Waals surface area (Å²) in [4.78, 5) is 0. The molecule has 0 aliphatic carbocycles. The molecule has 0 amide bonds. The molecule has 0 fully saturated rings. The fourth-order valence-electron chi connectivity index (χ4n) is 1.89. The smallest absolute Gasteiger partial charge is 0.405 e. The molecule has 1 rings (SSSR count). The summed E-state index contributed by atoms with van der Waals surface area (Å²) in [6, 6.07) is 6.17. The largest absolute Gasteiger partial charge is 0.573 e. The molecular formula is C13H18F3NO. The molecule has 0 saturated carbocycles. The zero-order valence-electron chi connectivity index (χ0n) is 10.6. The first-order chi connectivity index (χ1) is 8.48. The van der Waals surface area contributed by atoms with Gasteiger partial charge < -0.3 is 10.1 Å². The summed E-state index contributed by atoms with van der Waals surface area (Å²) < 4.78 is 41.0. The number of hydrogen-bond acceptors (Lipinski definition) is 2. The lowest BCUT2D eigenvalue weighted by molar-refractivity contribution is -0.275. The molecule has 0 radical (unpaired) electrons. The highest BCUT2D eigenvalue weighted by Gasteiger charge is 2.32. The molecule has 1 N–H and O–H groups in total. The van der Waals surface area contributed by atoms with Gasteiger partial charge in [0.15, 0.2) is 0 Å². The fraction of sp³-hybridized carbons (Fsp3) is 0.538. The molecule has 0 aliphatic heterocycles. The average molecular weight is 261 g/mol. The van der Waals surface area contributed by atoms with E-state index in [4.69, 9.17) is 0 Å². The van der Waals surface area contributed by atoms with Crippen LogP contribution >= 0.6 is 0 Å². The maximum atomic E-state index is 12.3. The number of hydrogen-bond donors (Lipinski definition) is 1. The van der Waals surface area contributed by atoms with Crippen LogP contribution in [0.1, 0.15) is 38.3 Å². The van der Waals surface area contributed by atoms with E-state index in [-0.39, 0.29) is 11.8 Å². The number of alkyl halides is 3. The van der Waals surface area contributed by atoms with Crippen LogP contribution < -0.4 is 10.1 Å². The number of nitrogens with one attached hydrogen (secondary N) is 1. The molecule has 1 aromatic carbocycles. The van der Waals surface area contributed by atoms with Gasteiger partial charge in [-0.3, -0.25) is 0 Å². The second-order valence-corrected chi connectivity index (χ2v) is 3.98. The van der Waals surface area contributed by atoms with E-state index in [1.807, 2.05) is 13.8 Å². The van der Waals surface area contributed by atoms with Crippen LogP contribution in [-0.4, -0.2) is 12.9 Å². The average Bonchev–Trinajstić information content (AvgIpc) is 2.27. The highest BCUT2D eigenvalue weighted by Crippen LogP contribution is 2.31. The van der Waals surface area contributed by atoms with Crippen molar-refractivity contribution in [3.05, 3.63) is 29.8 Å². The van der Waals surface area contributed by atoms with Crippen LogP contribution in [0.15, 0.2) is 24.3 Å². The molecule has 1 aromatic rings. The number of rotatable bonds is 6. The molecule has 102 valence electrons. The van der Waals surface area contributed by atoms with Crippen LogP contribution in [0.5, 0.6) is 5.75 Å².